The van der Waals surface area contributed by atoms with Gasteiger partial charge in [0.15, 0.2) is 0 Å². The zero-order chi connectivity index (χ0) is 19.2. The van der Waals surface area contributed by atoms with Gasteiger partial charge in [-0.2, -0.15) is 0 Å². The van der Waals surface area contributed by atoms with Crippen molar-refractivity contribution in [1.82, 2.24) is 4.57 Å². The van der Waals surface area contributed by atoms with Gasteiger partial charge in [-0.05, 0) is 66.2 Å². The van der Waals surface area contributed by atoms with Crippen molar-refractivity contribution in [2.24, 2.45) is 0 Å². The normalized spacial score (nSPS) is 21.4. The van der Waals surface area contributed by atoms with E-state index in [4.69, 9.17) is 4.74 Å². The summed E-state index contributed by atoms with van der Waals surface area (Å²) in [7, 11) is 0. The summed E-state index contributed by atoms with van der Waals surface area (Å²) < 4.78 is 21.4. The first-order chi connectivity index (χ1) is 13.5. The summed E-state index contributed by atoms with van der Waals surface area (Å²) in [6, 6.07) is 3.40. The standard InChI is InChI=1S/C22H19FN2O3/c1-10-12-3-2-4-13-14-8-25-18(21(14)24-17(20(12)13)7-16(10)23)5-11-6-19(26)28-9-15(11)22(25)27/h5,7,21,24H,2-4,6,8-9H2,1H3. The number of nitrogens with zero attached hydrogens (tertiary/aromatic N) is 1. The second-order valence-corrected chi connectivity index (χ2v) is 8.12. The number of benzene rings is 1. The number of fused-ring (bicyclic) bond motifs is 4. The van der Waals surface area contributed by atoms with E-state index >= 15 is 0 Å². The van der Waals surface area contributed by atoms with E-state index in [0.717, 1.165) is 52.9 Å². The molecule has 2 aromatic rings. The highest BCUT2D eigenvalue weighted by Gasteiger charge is 2.39. The topological polar surface area (TPSA) is 60.3 Å². The minimum atomic E-state index is -0.301. The Morgan fingerprint density at radius 3 is 2.93 bits per heavy atom. The monoisotopic (exact) mass is 378 g/mol. The van der Waals surface area contributed by atoms with E-state index in [1.54, 1.807) is 10.6 Å². The Kier molecular flexibility index (Phi) is 3.07. The summed E-state index contributed by atoms with van der Waals surface area (Å²) in [6.45, 7) is 2.44. The van der Waals surface area contributed by atoms with Crippen molar-refractivity contribution in [2.75, 3.05) is 5.32 Å². The number of nitrogens with one attached hydrogen (secondary N) is 1. The van der Waals surface area contributed by atoms with Crippen LogP contribution in [0.3, 0.4) is 0 Å². The third-order valence-corrected chi connectivity index (χ3v) is 6.71. The van der Waals surface area contributed by atoms with Gasteiger partial charge in [-0.15, -0.1) is 0 Å². The van der Waals surface area contributed by atoms with Gasteiger partial charge in [-0.1, -0.05) is 0 Å². The molecule has 142 valence electrons. The van der Waals surface area contributed by atoms with Crippen LogP contribution in [0.2, 0.25) is 0 Å². The van der Waals surface area contributed by atoms with E-state index in [9.17, 15) is 14.0 Å². The van der Waals surface area contributed by atoms with Gasteiger partial charge in [-0.25, -0.2) is 4.39 Å². The molecular formula is C22H19FN2O3. The SMILES string of the molecule is Cc1c(F)cc2c3c1CCCC3=C1Cn3c(cc4c(c3=O)COC(=O)C4)C1N2. The molecule has 4 aliphatic rings. The van der Waals surface area contributed by atoms with Crippen LogP contribution >= 0.6 is 0 Å². The van der Waals surface area contributed by atoms with E-state index < -0.39 is 0 Å². The van der Waals surface area contributed by atoms with Crippen LogP contribution in [-0.4, -0.2) is 10.5 Å². The lowest BCUT2D eigenvalue weighted by Crippen LogP contribution is -2.30. The number of carbonyl (C=O) groups excluding carboxylic acids is 1. The Bertz CT molecular complexity index is 1190. The van der Waals surface area contributed by atoms with Crippen LogP contribution in [0.25, 0.3) is 5.57 Å². The van der Waals surface area contributed by atoms with Gasteiger partial charge >= 0.3 is 5.97 Å². The first-order valence-corrected chi connectivity index (χ1v) is 9.75. The molecule has 0 spiro atoms. The highest BCUT2D eigenvalue weighted by Crippen LogP contribution is 2.50. The fourth-order valence-corrected chi connectivity index (χ4v) is 5.32. The van der Waals surface area contributed by atoms with Crippen LogP contribution in [0.1, 0.15) is 52.4 Å². The summed E-state index contributed by atoms with van der Waals surface area (Å²) in [5, 5.41) is 3.49. The molecule has 0 saturated heterocycles. The minimum absolute atomic E-state index is 0.0477. The van der Waals surface area contributed by atoms with Crippen molar-refractivity contribution in [1.29, 1.82) is 0 Å². The first kappa shape index (κ1) is 16.1. The largest absolute Gasteiger partial charge is 0.460 e. The van der Waals surface area contributed by atoms with Crippen molar-refractivity contribution < 1.29 is 13.9 Å². The van der Waals surface area contributed by atoms with Crippen LogP contribution < -0.4 is 10.9 Å². The summed E-state index contributed by atoms with van der Waals surface area (Å²) in [5.41, 5.74) is 8.36. The fraction of sp³-hybridized carbons (Fsp3) is 0.364. The molecule has 1 unspecified atom stereocenters. The molecule has 0 amide bonds. The van der Waals surface area contributed by atoms with Gasteiger partial charge in [0.2, 0.25) is 0 Å². The number of allylic oxidation sites excluding steroid dienone is 1. The molecule has 1 aromatic carbocycles. The van der Waals surface area contributed by atoms with E-state index in [2.05, 4.69) is 5.32 Å². The molecule has 1 aromatic heterocycles. The minimum Gasteiger partial charge on any atom is -0.460 e. The second-order valence-electron chi connectivity index (χ2n) is 8.12. The third kappa shape index (κ3) is 1.95. The molecule has 0 saturated carbocycles. The predicted molar refractivity (Wildman–Crippen MR) is 102 cm³/mol. The molecular weight excluding hydrogens is 359 g/mol. The lowest BCUT2D eigenvalue weighted by molar-refractivity contribution is -0.145. The number of cyclic esters (lactones) is 1. The molecule has 0 bridgehead atoms. The van der Waals surface area contributed by atoms with Gasteiger partial charge in [-0.3, -0.25) is 9.59 Å². The van der Waals surface area contributed by atoms with Gasteiger partial charge in [0.05, 0.1) is 18.0 Å². The molecule has 1 N–H and O–H groups in total. The molecule has 6 rings (SSSR count). The maximum absolute atomic E-state index is 14.5. The van der Waals surface area contributed by atoms with Crippen molar-refractivity contribution in [2.45, 2.75) is 51.8 Å². The molecule has 4 heterocycles. The molecule has 1 atom stereocenters. The number of aromatic nitrogens is 1. The lowest BCUT2D eigenvalue weighted by Gasteiger charge is -2.33. The number of carbonyl (C=O) groups is 1. The van der Waals surface area contributed by atoms with E-state index in [0.29, 0.717) is 12.1 Å². The highest BCUT2D eigenvalue weighted by molar-refractivity contribution is 5.87. The Balaban J connectivity index is 1.58. The van der Waals surface area contributed by atoms with Crippen LogP contribution in [0.5, 0.6) is 0 Å². The average Bonchev–Trinajstić information content (AvgIpc) is 3.05. The summed E-state index contributed by atoms with van der Waals surface area (Å²) >= 11 is 0. The summed E-state index contributed by atoms with van der Waals surface area (Å²) in [6.07, 6.45) is 2.95. The Morgan fingerprint density at radius 2 is 2.07 bits per heavy atom. The van der Waals surface area contributed by atoms with Crippen LogP contribution in [0.4, 0.5) is 10.1 Å². The zero-order valence-electron chi connectivity index (χ0n) is 15.5. The van der Waals surface area contributed by atoms with Gasteiger partial charge < -0.3 is 14.6 Å². The van der Waals surface area contributed by atoms with E-state index in [1.165, 1.54) is 11.1 Å². The third-order valence-electron chi connectivity index (χ3n) is 6.71. The second kappa shape index (κ2) is 5.34. The number of ether oxygens (including phenoxy) is 1. The molecule has 5 nitrogen and oxygen atoms in total. The lowest BCUT2D eigenvalue weighted by atomic mass is 9.78. The van der Waals surface area contributed by atoms with Crippen LogP contribution in [-0.2, 0) is 35.5 Å². The number of esters is 1. The number of halogens is 1. The zero-order valence-corrected chi connectivity index (χ0v) is 15.5. The van der Waals surface area contributed by atoms with Crippen molar-refractivity contribution in [3.63, 3.8) is 0 Å². The molecule has 0 fully saturated rings. The molecule has 3 aliphatic heterocycles. The first-order valence-electron chi connectivity index (χ1n) is 9.75. The molecule has 6 heteroatoms. The smallest absolute Gasteiger partial charge is 0.310 e. The van der Waals surface area contributed by atoms with E-state index in [-0.39, 0.29) is 36.4 Å². The van der Waals surface area contributed by atoms with Gasteiger partial charge in [0.1, 0.15) is 12.4 Å². The van der Waals surface area contributed by atoms with E-state index in [1.807, 2.05) is 13.0 Å². The highest BCUT2D eigenvalue weighted by atomic mass is 19.1. The molecule has 0 radical (unpaired) electrons. The Labute approximate surface area is 160 Å². The Morgan fingerprint density at radius 1 is 1.21 bits per heavy atom. The quantitative estimate of drug-likeness (QED) is 0.716. The number of anilines is 1. The maximum Gasteiger partial charge on any atom is 0.310 e. The van der Waals surface area contributed by atoms with Gasteiger partial charge in [0.25, 0.3) is 5.56 Å². The number of hydrogen-bond donors (Lipinski definition) is 1. The van der Waals surface area contributed by atoms with Crippen molar-refractivity contribution >= 4 is 17.2 Å². The predicted octanol–water partition coefficient (Wildman–Crippen LogP) is 3.17. The fourth-order valence-electron chi connectivity index (χ4n) is 5.32. The number of hydrogen-bond acceptors (Lipinski definition) is 4. The summed E-state index contributed by atoms with van der Waals surface area (Å²) in [5.74, 6) is -0.487. The molecule has 28 heavy (non-hydrogen) atoms. The summed E-state index contributed by atoms with van der Waals surface area (Å²) in [4.78, 5) is 24.8. The van der Waals surface area contributed by atoms with Crippen molar-refractivity contribution in [3.8, 4) is 0 Å². The average molecular weight is 378 g/mol. The van der Waals surface area contributed by atoms with Crippen molar-refractivity contribution in [3.05, 3.63) is 67.4 Å². The van der Waals surface area contributed by atoms with Gasteiger partial charge in [0, 0.05) is 23.5 Å². The molecule has 1 aliphatic carbocycles. The Hall–Kier alpha value is -2.89. The van der Waals surface area contributed by atoms with Crippen LogP contribution in [0, 0.1) is 12.7 Å². The maximum atomic E-state index is 14.5. The van der Waals surface area contributed by atoms with Crippen LogP contribution in [0.15, 0.2) is 22.5 Å². The number of pyridine rings is 1. The number of rotatable bonds is 0.